The van der Waals surface area contributed by atoms with Crippen molar-refractivity contribution in [1.29, 1.82) is 0 Å². The van der Waals surface area contributed by atoms with Crippen LogP contribution in [0.5, 0.6) is 0 Å². The lowest BCUT2D eigenvalue weighted by atomic mass is 10.1. The lowest BCUT2D eigenvalue weighted by Crippen LogP contribution is -2.54. The summed E-state index contributed by atoms with van der Waals surface area (Å²) in [5.74, 6) is -0.0633. The third kappa shape index (κ3) is 2.78. The normalized spacial score (nSPS) is 20.9. The third-order valence-electron chi connectivity index (χ3n) is 3.70. The Morgan fingerprint density at radius 3 is 2.90 bits per heavy atom. The van der Waals surface area contributed by atoms with Gasteiger partial charge in [0, 0.05) is 25.3 Å². The van der Waals surface area contributed by atoms with Gasteiger partial charge in [0.1, 0.15) is 0 Å². The molecule has 2 heterocycles. The molecular weight excluding hydrogens is 278 g/mol. The zero-order valence-corrected chi connectivity index (χ0v) is 11.9. The number of nitrogens with zero attached hydrogens (tertiary/aromatic N) is 1. The van der Waals surface area contributed by atoms with E-state index in [9.17, 15) is 9.59 Å². The van der Waals surface area contributed by atoms with Crippen molar-refractivity contribution in [2.75, 3.05) is 24.5 Å². The number of piperazine rings is 1. The van der Waals surface area contributed by atoms with Gasteiger partial charge in [-0.15, -0.1) is 12.4 Å². The fourth-order valence-corrected chi connectivity index (χ4v) is 2.69. The Kier molecular flexibility index (Phi) is 4.62. The Labute approximate surface area is 124 Å². The van der Waals surface area contributed by atoms with Crippen molar-refractivity contribution >= 4 is 29.9 Å². The topological polar surface area (TPSA) is 61.4 Å². The minimum absolute atomic E-state index is 0. The predicted molar refractivity (Wildman–Crippen MR) is 79.2 cm³/mol. The van der Waals surface area contributed by atoms with Crippen LogP contribution in [0.1, 0.15) is 12.0 Å². The predicted octanol–water partition coefficient (Wildman–Crippen LogP) is 0.476. The van der Waals surface area contributed by atoms with Gasteiger partial charge in [0.15, 0.2) is 0 Å². The molecule has 0 aromatic heterocycles. The van der Waals surface area contributed by atoms with Crippen molar-refractivity contribution in [3.63, 3.8) is 0 Å². The number of rotatable bonds is 2. The van der Waals surface area contributed by atoms with E-state index in [2.05, 4.69) is 10.6 Å². The van der Waals surface area contributed by atoms with Gasteiger partial charge in [0.05, 0.1) is 12.5 Å². The first-order valence-electron chi connectivity index (χ1n) is 6.65. The van der Waals surface area contributed by atoms with E-state index in [0.29, 0.717) is 13.1 Å². The second-order valence-corrected chi connectivity index (χ2v) is 4.93. The lowest BCUT2D eigenvalue weighted by molar-refractivity contribution is -0.128. The van der Waals surface area contributed by atoms with E-state index in [0.717, 1.165) is 18.7 Å². The number of anilines is 1. The minimum Gasteiger partial charge on any atom is -0.353 e. The van der Waals surface area contributed by atoms with Gasteiger partial charge in [-0.25, -0.2) is 0 Å². The Hall–Kier alpha value is -1.59. The quantitative estimate of drug-likeness (QED) is 0.834. The molecule has 5 nitrogen and oxygen atoms in total. The van der Waals surface area contributed by atoms with Gasteiger partial charge in [0.2, 0.25) is 11.8 Å². The number of hydrogen-bond donors (Lipinski definition) is 2. The van der Waals surface area contributed by atoms with Gasteiger partial charge < -0.3 is 15.5 Å². The molecule has 1 aromatic carbocycles. The molecule has 108 valence electrons. The van der Waals surface area contributed by atoms with Gasteiger partial charge in [-0.1, -0.05) is 18.2 Å². The smallest absolute Gasteiger partial charge is 0.237 e. The SMILES string of the molecule is Cl.O=C1NCCNC1CC(=O)N1CCc2ccccc21. The monoisotopic (exact) mass is 295 g/mol. The van der Waals surface area contributed by atoms with Crippen molar-refractivity contribution in [1.82, 2.24) is 10.6 Å². The minimum atomic E-state index is -0.394. The van der Waals surface area contributed by atoms with E-state index in [1.165, 1.54) is 5.56 Å². The number of carbonyl (C=O) groups is 2. The molecule has 1 fully saturated rings. The highest BCUT2D eigenvalue weighted by molar-refractivity contribution is 5.98. The molecule has 1 unspecified atom stereocenters. The third-order valence-corrected chi connectivity index (χ3v) is 3.70. The first-order chi connectivity index (χ1) is 9.25. The van der Waals surface area contributed by atoms with E-state index in [4.69, 9.17) is 0 Å². The van der Waals surface area contributed by atoms with Gasteiger partial charge in [-0.3, -0.25) is 9.59 Å². The van der Waals surface area contributed by atoms with E-state index in [1.807, 2.05) is 24.3 Å². The van der Waals surface area contributed by atoms with E-state index >= 15 is 0 Å². The average Bonchev–Trinajstić information content (AvgIpc) is 2.85. The Morgan fingerprint density at radius 2 is 2.10 bits per heavy atom. The standard InChI is InChI=1S/C14H17N3O2.ClH/c18-13(9-11-14(19)16-7-6-15-11)17-8-5-10-3-1-2-4-12(10)17;/h1-4,11,15H,5-9H2,(H,16,19);1H. The molecular formula is C14H18ClN3O2. The van der Waals surface area contributed by atoms with Crippen molar-refractivity contribution in [2.24, 2.45) is 0 Å². The summed E-state index contributed by atoms with van der Waals surface area (Å²) in [6.07, 6.45) is 1.12. The van der Waals surface area contributed by atoms with Crippen LogP contribution < -0.4 is 15.5 Å². The maximum Gasteiger partial charge on any atom is 0.237 e. The fraction of sp³-hybridized carbons (Fsp3) is 0.429. The van der Waals surface area contributed by atoms with Crippen molar-refractivity contribution in [2.45, 2.75) is 18.9 Å². The van der Waals surface area contributed by atoms with E-state index in [1.54, 1.807) is 4.90 Å². The zero-order valence-electron chi connectivity index (χ0n) is 11.1. The molecule has 0 aliphatic carbocycles. The van der Waals surface area contributed by atoms with Crippen LogP contribution in [0.25, 0.3) is 0 Å². The van der Waals surface area contributed by atoms with Crippen molar-refractivity contribution < 1.29 is 9.59 Å². The Balaban J connectivity index is 0.00000147. The van der Waals surface area contributed by atoms with Crippen LogP contribution >= 0.6 is 12.4 Å². The summed E-state index contributed by atoms with van der Waals surface area (Å²) in [4.78, 5) is 25.8. The molecule has 1 atom stereocenters. The summed E-state index contributed by atoms with van der Waals surface area (Å²) in [7, 11) is 0. The van der Waals surface area contributed by atoms with Crippen LogP contribution in [0.4, 0.5) is 5.69 Å². The summed E-state index contributed by atoms with van der Waals surface area (Å²) >= 11 is 0. The zero-order chi connectivity index (χ0) is 13.2. The van der Waals surface area contributed by atoms with Gasteiger partial charge in [-0.05, 0) is 18.1 Å². The molecule has 2 aliphatic heterocycles. The molecule has 0 radical (unpaired) electrons. The molecule has 0 spiro atoms. The highest BCUT2D eigenvalue weighted by atomic mass is 35.5. The lowest BCUT2D eigenvalue weighted by Gasteiger charge is -2.25. The van der Waals surface area contributed by atoms with E-state index in [-0.39, 0.29) is 30.6 Å². The highest BCUT2D eigenvalue weighted by Gasteiger charge is 2.29. The molecule has 1 aromatic rings. The number of amides is 2. The van der Waals surface area contributed by atoms with Crippen LogP contribution in [-0.4, -0.2) is 37.5 Å². The number of benzene rings is 1. The van der Waals surface area contributed by atoms with Crippen LogP contribution in [0.2, 0.25) is 0 Å². The fourth-order valence-electron chi connectivity index (χ4n) is 2.69. The van der Waals surface area contributed by atoms with Crippen molar-refractivity contribution in [3.05, 3.63) is 29.8 Å². The maximum absolute atomic E-state index is 12.3. The second-order valence-electron chi connectivity index (χ2n) is 4.93. The summed E-state index contributed by atoms with van der Waals surface area (Å²) in [5.41, 5.74) is 2.20. The second kappa shape index (κ2) is 6.24. The maximum atomic E-state index is 12.3. The largest absolute Gasteiger partial charge is 0.353 e. The summed E-state index contributed by atoms with van der Waals surface area (Å²) in [6.45, 7) is 2.07. The van der Waals surface area contributed by atoms with Crippen LogP contribution in [0.3, 0.4) is 0 Å². The number of nitrogens with one attached hydrogen (secondary N) is 2. The highest BCUT2D eigenvalue weighted by Crippen LogP contribution is 2.28. The molecule has 3 rings (SSSR count). The summed E-state index contributed by atoms with van der Waals surface area (Å²) < 4.78 is 0. The Bertz CT molecular complexity index is 521. The van der Waals surface area contributed by atoms with Crippen molar-refractivity contribution in [3.8, 4) is 0 Å². The van der Waals surface area contributed by atoms with Crippen LogP contribution in [0.15, 0.2) is 24.3 Å². The molecule has 0 bridgehead atoms. The summed E-state index contributed by atoms with van der Waals surface area (Å²) in [5, 5.41) is 5.86. The average molecular weight is 296 g/mol. The number of para-hydroxylation sites is 1. The molecule has 20 heavy (non-hydrogen) atoms. The summed E-state index contributed by atoms with van der Waals surface area (Å²) in [6, 6.07) is 7.55. The first-order valence-corrected chi connectivity index (χ1v) is 6.65. The van der Waals surface area contributed by atoms with Crippen LogP contribution in [-0.2, 0) is 16.0 Å². The first kappa shape index (κ1) is 14.8. The molecule has 1 saturated heterocycles. The Morgan fingerprint density at radius 1 is 1.30 bits per heavy atom. The van der Waals surface area contributed by atoms with E-state index < -0.39 is 6.04 Å². The molecule has 0 saturated carbocycles. The molecule has 2 amide bonds. The molecule has 6 heteroatoms. The number of halogens is 1. The molecule has 2 aliphatic rings. The van der Waals surface area contributed by atoms with Gasteiger partial charge >= 0.3 is 0 Å². The van der Waals surface area contributed by atoms with Gasteiger partial charge in [-0.2, -0.15) is 0 Å². The number of fused-ring (bicyclic) bond motifs is 1. The molecule has 2 N–H and O–H groups in total. The van der Waals surface area contributed by atoms with Gasteiger partial charge in [0.25, 0.3) is 0 Å². The number of hydrogen-bond acceptors (Lipinski definition) is 3. The van der Waals surface area contributed by atoms with Crippen LogP contribution in [0, 0.1) is 0 Å². The number of carbonyl (C=O) groups excluding carboxylic acids is 2.